The molecule has 0 saturated carbocycles. The van der Waals surface area contributed by atoms with Gasteiger partial charge in [-0.25, -0.2) is 13.6 Å². The number of benzene rings is 1. The van der Waals surface area contributed by atoms with Gasteiger partial charge in [0.05, 0.1) is 17.1 Å². The molecule has 0 aromatic heterocycles. The zero-order valence-corrected chi connectivity index (χ0v) is 10.8. The lowest BCUT2D eigenvalue weighted by Crippen LogP contribution is -2.19. The number of rotatable bonds is 3. The normalized spacial score (nSPS) is 15.6. The molecular formula is C11H17NO4S. The van der Waals surface area contributed by atoms with Crippen molar-refractivity contribution in [3.8, 4) is 0 Å². The minimum absolute atomic E-state index is 0.106. The summed E-state index contributed by atoms with van der Waals surface area (Å²) in [5, 5.41) is 24.4. The summed E-state index contributed by atoms with van der Waals surface area (Å²) in [6.07, 6.45) is -1.89. The van der Waals surface area contributed by atoms with Gasteiger partial charge in [-0.2, -0.15) is 0 Å². The van der Waals surface area contributed by atoms with Crippen LogP contribution in [0.4, 0.5) is 0 Å². The predicted octanol–water partition coefficient (Wildman–Crippen LogP) is 0.749. The van der Waals surface area contributed by atoms with E-state index in [9.17, 15) is 18.6 Å². The third-order valence-corrected chi connectivity index (χ3v) is 3.69. The fourth-order valence-corrected chi connectivity index (χ4v) is 3.01. The molecule has 4 N–H and O–H groups in total. The van der Waals surface area contributed by atoms with Gasteiger partial charge in [-0.15, -0.1) is 0 Å². The summed E-state index contributed by atoms with van der Waals surface area (Å²) >= 11 is 0. The maximum absolute atomic E-state index is 11.5. The van der Waals surface area contributed by atoms with Crippen molar-refractivity contribution in [2.24, 2.45) is 5.14 Å². The molecule has 0 aliphatic rings. The molecule has 0 amide bonds. The largest absolute Gasteiger partial charge is 0.389 e. The van der Waals surface area contributed by atoms with Crippen LogP contribution in [-0.2, 0) is 10.0 Å². The number of aliphatic hydroxyl groups excluding tert-OH is 2. The summed E-state index contributed by atoms with van der Waals surface area (Å²) < 4.78 is 23.1. The van der Waals surface area contributed by atoms with Crippen molar-refractivity contribution in [2.45, 2.75) is 37.9 Å². The Balaban J connectivity index is 3.73. The third kappa shape index (κ3) is 2.84. The zero-order valence-electron chi connectivity index (χ0n) is 10.0. The van der Waals surface area contributed by atoms with E-state index in [0.717, 1.165) is 0 Å². The van der Waals surface area contributed by atoms with Gasteiger partial charge in [-0.3, -0.25) is 0 Å². The molecule has 0 aliphatic heterocycles. The molecular weight excluding hydrogens is 242 g/mol. The van der Waals surface area contributed by atoms with E-state index in [1.165, 1.54) is 13.8 Å². The second kappa shape index (κ2) is 4.73. The molecule has 0 bridgehead atoms. The van der Waals surface area contributed by atoms with E-state index in [4.69, 9.17) is 5.14 Å². The van der Waals surface area contributed by atoms with Gasteiger partial charge in [0.25, 0.3) is 0 Å². The number of sulfonamides is 1. The van der Waals surface area contributed by atoms with Crippen molar-refractivity contribution in [2.75, 3.05) is 0 Å². The van der Waals surface area contributed by atoms with Crippen LogP contribution in [0.3, 0.4) is 0 Å². The Kier molecular flexibility index (Phi) is 3.93. The van der Waals surface area contributed by atoms with E-state index in [-0.39, 0.29) is 10.5 Å². The smallest absolute Gasteiger partial charge is 0.238 e. The maximum atomic E-state index is 11.5. The summed E-state index contributed by atoms with van der Waals surface area (Å²) in [6, 6.07) is 3.16. The van der Waals surface area contributed by atoms with Crippen LogP contribution in [0.15, 0.2) is 17.0 Å². The van der Waals surface area contributed by atoms with Crippen molar-refractivity contribution >= 4 is 10.0 Å². The number of hydrogen-bond acceptors (Lipinski definition) is 4. The lowest BCUT2D eigenvalue weighted by molar-refractivity contribution is 0.172. The van der Waals surface area contributed by atoms with E-state index in [0.29, 0.717) is 11.1 Å². The van der Waals surface area contributed by atoms with E-state index in [2.05, 4.69) is 0 Å². The molecule has 0 spiro atoms. The van der Waals surface area contributed by atoms with Gasteiger partial charge in [0.2, 0.25) is 10.0 Å². The van der Waals surface area contributed by atoms with Crippen LogP contribution >= 0.6 is 0 Å². The molecule has 1 aromatic carbocycles. The molecule has 0 saturated heterocycles. The highest BCUT2D eigenvalue weighted by molar-refractivity contribution is 7.89. The lowest BCUT2D eigenvalue weighted by atomic mass is 9.97. The molecule has 5 nitrogen and oxygen atoms in total. The van der Waals surface area contributed by atoms with Gasteiger partial charge in [0.15, 0.2) is 0 Å². The van der Waals surface area contributed by atoms with Crippen LogP contribution in [-0.4, -0.2) is 18.6 Å². The number of aliphatic hydroxyl groups is 2. The standard InChI is InChI=1S/C11H17NO4S/c1-6-4-5-9(7(2)13)10(8(3)14)11(6)17(12,15)16/h4-5,7-8,13-14H,1-3H3,(H2,12,15,16). The molecule has 17 heavy (non-hydrogen) atoms. The number of hydrogen-bond donors (Lipinski definition) is 3. The Hall–Kier alpha value is -0.950. The quantitative estimate of drug-likeness (QED) is 0.745. The summed E-state index contributed by atoms with van der Waals surface area (Å²) in [4.78, 5) is -0.106. The highest BCUT2D eigenvalue weighted by Crippen LogP contribution is 2.31. The van der Waals surface area contributed by atoms with E-state index in [1.807, 2.05) is 0 Å². The van der Waals surface area contributed by atoms with Crippen LogP contribution in [0.1, 0.15) is 42.7 Å². The highest BCUT2D eigenvalue weighted by Gasteiger charge is 2.24. The average Bonchev–Trinajstić information content (AvgIpc) is 2.14. The van der Waals surface area contributed by atoms with E-state index < -0.39 is 22.2 Å². The minimum atomic E-state index is -3.94. The summed E-state index contributed by atoms with van der Waals surface area (Å²) in [6.45, 7) is 4.54. The van der Waals surface area contributed by atoms with Crippen molar-refractivity contribution < 1.29 is 18.6 Å². The fraction of sp³-hybridized carbons (Fsp3) is 0.455. The molecule has 6 heteroatoms. The van der Waals surface area contributed by atoms with Gasteiger partial charge >= 0.3 is 0 Å². The first-order valence-electron chi connectivity index (χ1n) is 5.18. The Labute approximate surface area is 101 Å². The SMILES string of the molecule is Cc1ccc(C(C)O)c(C(C)O)c1S(N)(=O)=O. The number of aryl methyl sites for hydroxylation is 1. The molecule has 0 fully saturated rings. The van der Waals surface area contributed by atoms with Crippen LogP contribution in [0.5, 0.6) is 0 Å². The molecule has 2 unspecified atom stereocenters. The first-order valence-corrected chi connectivity index (χ1v) is 6.73. The van der Waals surface area contributed by atoms with Crippen LogP contribution in [0.2, 0.25) is 0 Å². The first-order chi connectivity index (χ1) is 7.66. The predicted molar refractivity (Wildman–Crippen MR) is 63.8 cm³/mol. The van der Waals surface area contributed by atoms with Crippen LogP contribution in [0.25, 0.3) is 0 Å². The average molecular weight is 259 g/mol. The number of primary sulfonamides is 1. The molecule has 1 aromatic rings. The maximum Gasteiger partial charge on any atom is 0.238 e. The third-order valence-electron chi connectivity index (χ3n) is 2.58. The van der Waals surface area contributed by atoms with Crippen molar-refractivity contribution in [3.63, 3.8) is 0 Å². The molecule has 2 atom stereocenters. The minimum Gasteiger partial charge on any atom is -0.389 e. The van der Waals surface area contributed by atoms with Gasteiger partial charge < -0.3 is 10.2 Å². The van der Waals surface area contributed by atoms with Gasteiger partial charge in [-0.05, 0) is 31.9 Å². The van der Waals surface area contributed by atoms with Crippen LogP contribution < -0.4 is 5.14 Å². The fourth-order valence-electron chi connectivity index (χ4n) is 1.90. The summed E-state index contributed by atoms with van der Waals surface area (Å²) in [7, 11) is -3.94. The molecule has 0 aliphatic carbocycles. The van der Waals surface area contributed by atoms with E-state index in [1.54, 1.807) is 19.1 Å². The Bertz CT molecular complexity index is 521. The monoisotopic (exact) mass is 259 g/mol. The summed E-state index contributed by atoms with van der Waals surface area (Å²) in [5.41, 5.74) is 0.991. The number of nitrogens with two attached hydrogens (primary N) is 1. The second-order valence-electron chi connectivity index (χ2n) is 4.11. The Morgan fingerprint density at radius 1 is 1.18 bits per heavy atom. The van der Waals surface area contributed by atoms with Gasteiger partial charge in [0.1, 0.15) is 0 Å². The first kappa shape index (κ1) is 14.1. The Morgan fingerprint density at radius 3 is 2.06 bits per heavy atom. The topological polar surface area (TPSA) is 101 Å². The summed E-state index contributed by atoms with van der Waals surface area (Å²) in [5.74, 6) is 0. The molecule has 96 valence electrons. The van der Waals surface area contributed by atoms with Gasteiger partial charge in [0, 0.05) is 5.56 Å². The van der Waals surface area contributed by atoms with Crippen LogP contribution in [0, 0.1) is 6.92 Å². The molecule has 0 radical (unpaired) electrons. The van der Waals surface area contributed by atoms with Crippen molar-refractivity contribution in [3.05, 3.63) is 28.8 Å². The molecule has 1 rings (SSSR count). The zero-order chi connectivity index (χ0) is 13.4. The highest BCUT2D eigenvalue weighted by atomic mass is 32.2. The van der Waals surface area contributed by atoms with Crippen molar-refractivity contribution in [1.29, 1.82) is 0 Å². The lowest BCUT2D eigenvalue weighted by Gasteiger charge is -2.19. The second-order valence-corrected chi connectivity index (χ2v) is 5.61. The van der Waals surface area contributed by atoms with Crippen molar-refractivity contribution in [1.82, 2.24) is 0 Å². The molecule has 0 heterocycles. The van der Waals surface area contributed by atoms with E-state index >= 15 is 0 Å². The Morgan fingerprint density at radius 2 is 1.71 bits per heavy atom. The van der Waals surface area contributed by atoms with Gasteiger partial charge in [-0.1, -0.05) is 12.1 Å².